The van der Waals surface area contributed by atoms with Crippen LogP contribution in [0.5, 0.6) is 0 Å². The summed E-state index contributed by atoms with van der Waals surface area (Å²) in [5, 5.41) is 3.31. The van der Waals surface area contributed by atoms with Crippen LogP contribution in [0.4, 0.5) is 0 Å². The molecule has 0 bridgehead atoms. The van der Waals surface area contributed by atoms with Gasteiger partial charge in [-0.3, -0.25) is 0 Å². The van der Waals surface area contributed by atoms with E-state index in [2.05, 4.69) is 26.1 Å². The number of aromatic nitrogens is 1. The van der Waals surface area contributed by atoms with Gasteiger partial charge in [0.1, 0.15) is 23.3 Å². The monoisotopic (exact) mass is 455 g/mol. The minimum atomic E-state index is -0.641. The van der Waals surface area contributed by atoms with Crippen LogP contribution in [-0.2, 0) is 22.4 Å². The molecule has 2 aromatic rings. The Morgan fingerprint density at radius 1 is 1.15 bits per heavy atom. The fourth-order valence-corrected chi connectivity index (χ4v) is 3.65. The van der Waals surface area contributed by atoms with Crippen LogP contribution in [0.3, 0.4) is 0 Å². The van der Waals surface area contributed by atoms with E-state index in [1.165, 1.54) is 7.11 Å². The van der Waals surface area contributed by atoms with E-state index in [0.29, 0.717) is 48.4 Å². The Labute approximate surface area is 194 Å². The normalized spacial score (nSPS) is 15.7. The second kappa shape index (κ2) is 10.6. The van der Waals surface area contributed by atoms with E-state index in [1.54, 1.807) is 20.8 Å². The number of hydrazine groups is 1. The van der Waals surface area contributed by atoms with Gasteiger partial charge in [0.05, 0.1) is 12.7 Å². The predicted molar refractivity (Wildman–Crippen MR) is 126 cm³/mol. The Morgan fingerprint density at radius 3 is 2.52 bits per heavy atom. The standard InChI is InChI=1S/C24H33N5O4/c1-6-16-19(22(30)32-5)17(26-20(16)23(31)33-24(2,3)4)14-25-13-12-18-27-21(29-28-18)15-10-8-7-9-11-15/h7-11,21,25-26,29H,6,12-14H2,1-5H3,(H,27,28). The molecule has 0 radical (unpaired) electrons. The molecule has 1 unspecified atom stereocenters. The van der Waals surface area contributed by atoms with Gasteiger partial charge in [-0.2, -0.15) is 0 Å². The van der Waals surface area contributed by atoms with Crippen molar-refractivity contribution in [2.75, 3.05) is 13.7 Å². The molecule has 1 atom stereocenters. The van der Waals surface area contributed by atoms with Crippen molar-refractivity contribution in [3.63, 3.8) is 0 Å². The maximum Gasteiger partial charge on any atom is 0.355 e. The summed E-state index contributed by atoms with van der Waals surface area (Å²) in [6.45, 7) is 8.29. The SMILES string of the molecule is CCc1c(C(=O)OC(C)(C)C)[nH]c(CNCCC2=NC(c3ccccc3)NN2)c1C(=O)OC. The first-order valence-corrected chi connectivity index (χ1v) is 11.1. The highest BCUT2D eigenvalue weighted by Gasteiger charge is 2.28. The van der Waals surface area contributed by atoms with Crippen molar-refractivity contribution >= 4 is 17.8 Å². The van der Waals surface area contributed by atoms with E-state index < -0.39 is 17.5 Å². The third kappa shape index (κ3) is 6.21. The average Bonchev–Trinajstić information content (AvgIpc) is 3.40. The van der Waals surface area contributed by atoms with Crippen molar-refractivity contribution in [1.82, 2.24) is 21.2 Å². The second-order valence-electron chi connectivity index (χ2n) is 8.76. The number of ether oxygens (including phenoxy) is 2. The minimum Gasteiger partial charge on any atom is -0.465 e. The summed E-state index contributed by atoms with van der Waals surface area (Å²) < 4.78 is 10.5. The third-order valence-corrected chi connectivity index (χ3v) is 5.12. The molecule has 1 aliphatic rings. The highest BCUT2D eigenvalue weighted by molar-refractivity contribution is 5.98. The molecule has 2 heterocycles. The van der Waals surface area contributed by atoms with Gasteiger partial charge in [0.2, 0.25) is 0 Å². The van der Waals surface area contributed by atoms with Crippen molar-refractivity contribution in [1.29, 1.82) is 0 Å². The number of aromatic amines is 1. The number of amidine groups is 1. The number of carbonyl (C=O) groups excluding carboxylic acids is 2. The van der Waals surface area contributed by atoms with E-state index in [4.69, 9.17) is 9.47 Å². The maximum atomic E-state index is 12.7. The fourth-order valence-electron chi connectivity index (χ4n) is 3.65. The molecule has 4 N–H and O–H groups in total. The van der Waals surface area contributed by atoms with Crippen molar-refractivity contribution in [2.45, 2.75) is 58.8 Å². The number of nitrogens with one attached hydrogen (secondary N) is 4. The summed E-state index contributed by atoms with van der Waals surface area (Å²) in [4.78, 5) is 33.0. The molecule has 0 aliphatic carbocycles. The Kier molecular flexibility index (Phi) is 7.88. The summed E-state index contributed by atoms with van der Waals surface area (Å²) in [5.41, 5.74) is 8.60. The van der Waals surface area contributed by atoms with Gasteiger partial charge in [-0.1, -0.05) is 37.3 Å². The largest absolute Gasteiger partial charge is 0.465 e. The number of hydrogen-bond donors (Lipinski definition) is 4. The van der Waals surface area contributed by atoms with Gasteiger partial charge in [0.25, 0.3) is 0 Å². The van der Waals surface area contributed by atoms with Gasteiger partial charge in [0, 0.05) is 25.2 Å². The van der Waals surface area contributed by atoms with Crippen LogP contribution in [-0.4, -0.2) is 42.0 Å². The number of rotatable bonds is 9. The van der Waals surface area contributed by atoms with Crippen LogP contribution in [0.2, 0.25) is 0 Å². The zero-order valence-electron chi connectivity index (χ0n) is 19.9. The van der Waals surface area contributed by atoms with E-state index in [-0.39, 0.29) is 6.17 Å². The zero-order valence-corrected chi connectivity index (χ0v) is 19.9. The molecule has 3 rings (SSSR count). The maximum absolute atomic E-state index is 12.7. The van der Waals surface area contributed by atoms with Crippen molar-refractivity contribution in [2.24, 2.45) is 4.99 Å². The van der Waals surface area contributed by atoms with Gasteiger partial charge < -0.3 is 25.2 Å². The van der Waals surface area contributed by atoms with Crippen LogP contribution in [0.1, 0.15) is 77.9 Å². The van der Waals surface area contributed by atoms with E-state index >= 15 is 0 Å². The minimum absolute atomic E-state index is 0.112. The topological polar surface area (TPSA) is 117 Å². The van der Waals surface area contributed by atoms with Gasteiger partial charge in [-0.25, -0.2) is 20.0 Å². The fraction of sp³-hybridized carbons (Fsp3) is 0.458. The van der Waals surface area contributed by atoms with Crippen molar-refractivity contribution in [3.05, 3.63) is 58.4 Å². The predicted octanol–water partition coefficient (Wildman–Crippen LogP) is 3.00. The molecule has 0 spiro atoms. The highest BCUT2D eigenvalue weighted by Crippen LogP contribution is 2.24. The average molecular weight is 456 g/mol. The smallest absolute Gasteiger partial charge is 0.355 e. The van der Waals surface area contributed by atoms with Crippen molar-refractivity contribution < 1.29 is 19.1 Å². The summed E-state index contributed by atoms with van der Waals surface area (Å²) in [7, 11) is 1.33. The lowest BCUT2D eigenvalue weighted by atomic mass is 10.1. The number of methoxy groups -OCH3 is 1. The first-order chi connectivity index (χ1) is 15.7. The molecule has 1 aliphatic heterocycles. The summed E-state index contributed by atoms with van der Waals surface area (Å²) in [5.74, 6) is -0.121. The molecule has 33 heavy (non-hydrogen) atoms. The zero-order chi connectivity index (χ0) is 24.0. The van der Waals surface area contributed by atoms with Crippen LogP contribution in [0.25, 0.3) is 0 Å². The summed E-state index contributed by atoms with van der Waals surface area (Å²) in [6, 6.07) is 9.99. The number of carbonyl (C=O) groups is 2. The van der Waals surface area contributed by atoms with E-state index in [9.17, 15) is 9.59 Å². The molecule has 0 saturated heterocycles. The molecule has 1 aromatic carbocycles. The highest BCUT2D eigenvalue weighted by atomic mass is 16.6. The number of hydrogen-bond acceptors (Lipinski definition) is 8. The number of benzene rings is 1. The molecular formula is C24H33N5O4. The molecule has 1 aromatic heterocycles. The molecular weight excluding hydrogens is 422 g/mol. The lowest BCUT2D eigenvalue weighted by Crippen LogP contribution is -2.33. The quantitative estimate of drug-likeness (QED) is 0.339. The molecule has 0 fully saturated rings. The number of nitrogens with zero attached hydrogens (tertiary/aromatic N) is 1. The molecule has 178 valence electrons. The molecule has 0 saturated carbocycles. The number of aliphatic imine (C=N–C) groups is 1. The van der Waals surface area contributed by atoms with Crippen LogP contribution >= 0.6 is 0 Å². The Hall–Kier alpha value is -3.17. The Balaban J connectivity index is 1.66. The summed E-state index contributed by atoms with van der Waals surface area (Å²) >= 11 is 0. The Bertz CT molecular complexity index is 1010. The van der Waals surface area contributed by atoms with E-state index in [0.717, 1.165) is 11.4 Å². The first-order valence-electron chi connectivity index (χ1n) is 11.1. The van der Waals surface area contributed by atoms with E-state index in [1.807, 2.05) is 37.3 Å². The van der Waals surface area contributed by atoms with Crippen LogP contribution in [0, 0.1) is 0 Å². The molecule has 0 amide bonds. The first kappa shape index (κ1) is 24.5. The molecule has 9 heteroatoms. The van der Waals surface area contributed by atoms with Gasteiger partial charge in [0.15, 0.2) is 0 Å². The Morgan fingerprint density at radius 2 is 1.88 bits per heavy atom. The van der Waals surface area contributed by atoms with Gasteiger partial charge in [-0.15, -0.1) is 0 Å². The number of H-pyrrole nitrogens is 1. The lowest BCUT2D eigenvalue weighted by Gasteiger charge is -2.19. The second-order valence-corrected chi connectivity index (χ2v) is 8.76. The van der Waals surface area contributed by atoms with Gasteiger partial charge >= 0.3 is 11.9 Å². The number of esters is 2. The molecule has 9 nitrogen and oxygen atoms in total. The summed E-state index contributed by atoms with van der Waals surface area (Å²) in [6.07, 6.45) is 1.05. The van der Waals surface area contributed by atoms with Crippen LogP contribution < -0.4 is 16.2 Å². The van der Waals surface area contributed by atoms with Crippen LogP contribution in [0.15, 0.2) is 35.3 Å². The van der Waals surface area contributed by atoms with Gasteiger partial charge in [-0.05, 0) is 38.3 Å². The van der Waals surface area contributed by atoms with Crippen molar-refractivity contribution in [3.8, 4) is 0 Å². The lowest BCUT2D eigenvalue weighted by molar-refractivity contribution is 0.00622. The third-order valence-electron chi connectivity index (χ3n) is 5.12.